The van der Waals surface area contributed by atoms with E-state index in [2.05, 4.69) is 46.8 Å². The van der Waals surface area contributed by atoms with Crippen molar-refractivity contribution in [2.24, 2.45) is 0 Å². The lowest BCUT2D eigenvalue weighted by atomic mass is 9.82. The average molecular weight is 373 g/mol. The Morgan fingerprint density at radius 3 is 1.63 bits per heavy atom. The fourth-order valence-corrected chi connectivity index (χ4v) is 4.79. The summed E-state index contributed by atoms with van der Waals surface area (Å²) in [5.41, 5.74) is 6.58. The van der Waals surface area contributed by atoms with Gasteiger partial charge in [0.25, 0.3) is 0 Å². The van der Waals surface area contributed by atoms with Crippen molar-refractivity contribution in [3.05, 3.63) is 34.4 Å². The van der Waals surface area contributed by atoms with Crippen LogP contribution >= 0.6 is 0 Å². The van der Waals surface area contributed by atoms with Crippen LogP contribution in [0, 0.1) is 0 Å². The molecular formula is C27H48. The van der Waals surface area contributed by atoms with Gasteiger partial charge < -0.3 is 0 Å². The molecule has 1 atom stereocenters. The van der Waals surface area contributed by atoms with Crippen LogP contribution in [0.5, 0.6) is 0 Å². The minimum atomic E-state index is 0.769. The first kappa shape index (κ1) is 24.3. The highest BCUT2D eigenvalue weighted by atomic mass is 14.2. The van der Waals surface area contributed by atoms with E-state index in [0.717, 1.165) is 5.92 Å². The van der Waals surface area contributed by atoms with E-state index in [1.54, 1.807) is 22.3 Å². The fourth-order valence-electron chi connectivity index (χ4n) is 4.79. The van der Waals surface area contributed by atoms with E-state index in [1.165, 1.54) is 96.3 Å². The molecule has 1 unspecified atom stereocenters. The second-order valence-electron chi connectivity index (χ2n) is 8.41. The summed E-state index contributed by atoms with van der Waals surface area (Å²) in [5.74, 6) is 0.769. The third-order valence-electron chi connectivity index (χ3n) is 6.49. The van der Waals surface area contributed by atoms with E-state index in [9.17, 15) is 0 Å². The van der Waals surface area contributed by atoms with E-state index < -0.39 is 0 Å². The van der Waals surface area contributed by atoms with Gasteiger partial charge in [-0.1, -0.05) is 111 Å². The smallest absolute Gasteiger partial charge is 0.0162 e. The molecule has 1 rings (SSSR count). The minimum Gasteiger partial charge on any atom is -0.0654 e. The monoisotopic (exact) mass is 372 g/mol. The van der Waals surface area contributed by atoms with Gasteiger partial charge in [0, 0.05) is 0 Å². The van der Waals surface area contributed by atoms with Crippen LogP contribution in [0.15, 0.2) is 12.1 Å². The Balaban J connectivity index is 2.44. The first-order chi connectivity index (χ1) is 13.2. The van der Waals surface area contributed by atoms with Gasteiger partial charge in [0.2, 0.25) is 0 Å². The fraction of sp³-hybridized carbons (Fsp3) is 0.778. The Hall–Kier alpha value is -0.780. The van der Waals surface area contributed by atoms with Gasteiger partial charge in [0.05, 0.1) is 0 Å². The molecule has 0 aliphatic carbocycles. The second-order valence-corrected chi connectivity index (χ2v) is 8.41. The summed E-state index contributed by atoms with van der Waals surface area (Å²) in [4.78, 5) is 0. The lowest BCUT2D eigenvalue weighted by Crippen LogP contribution is -2.07. The third kappa shape index (κ3) is 8.41. The zero-order valence-electron chi connectivity index (χ0n) is 19.3. The molecular weight excluding hydrogens is 324 g/mol. The molecule has 27 heavy (non-hydrogen) atoms. The maximum Gasteiger partial charge on any atom is -0.0162 e. The third-order valence-corrected chi connectivity index (χ3v) is 6.49. The van der Waals surface area contributed by atoms with Crippen molar-refractivity contribution in [3.8, 4) is 0 Å². The molecule has 0 saturated carbocycles. The Morgan fingerprint density at radius 2 is 1.15 bits per heavy atom. The van der Waals surface area contributed by atoms with E-state index in [4.69, 9.17) is 0 Å². The minimum absolute atomic E-state index is 0.769. The largest absolute Gasteiger partial charge is 0.0654 e. The lowest BCUT2D eigenvalue weighted by Gasteiger charge is -2.23. The lowest BCUT2D eigenvalue weighted by molar-refractivity contribution is 0.516. The summed E-state index contributed by atoms with van der Waals surface area (Å²) in [5, 5.41) is 0. The predicted octanol–water partition coefficient (Wildman–Crippen LogP) is 9.18. The highest BCUT2D eigenvalue weighted by molar-refractivity contribution is 5.43. The van der Waals surface area contributed by atoms with Gasteiger partial charge in [0.1, 0.15) is 0 Å². The molecule has 0 heteroatoms. The van der Waals surface area contributed by atoms with Crippen LogP contribution in [-0.2, 0) is 19.3 Å². The van der Waals surface area contributed by atoms with Gasteiger partial charge in [-0.3, -0.25) is 0 Å². The van der Waals surface area contributed by atoms with Crippen LogP contribution in [0.2, 0.25) is 0 Å². The average Bonchev–Trinajstić information content (AvgIpc) is 2.71. The molecule has 0 radical (unpaired) electrons. The molecule has 0 amide bonds. The van der Waals surface area contributed by atoms with Crippen molar-refractivity contribution in [1.82, 2.24) is 0 Å². The Morgan fingerprint density at radius 1 is 0.593 bits per heavy atom. The van der Waals surface area contributed by atoms with Gasteiger partial charge >= 0.3 is 0 Å². The topological polar surface area (TPSA) is 0 Å². The Kier molecular flexibility index (Phi) is 13.6. The summed E-state index contributed by atoms with van der Waals surface area (Å²) < 4.78 is 0. The number of aryl methyl sites for hydroxylation is 1. The molecule has 1 aromatic rings. The summed E-state index contributed by atoms with van der Waals surface area (Å²) in [6.45, 7) is 11.7. The van der Waals surface area contributed by atoms with Crippen LogP contribution in [0.1, 0.15) is 140 Å². The van der Waals surface area contributed by atoms with E-state index >= 15 is 0 Å². The maximum atomic E-state index is 2.47. The van der Waals surface area contributed by atoms with Crippen LogP contribution in [0.25, 0.3) is 0 Å². The zero-order valence-corrected chi connectivity index (χ0v) is 19.3. The molecule has 0 spiro atoms. The second kappa shape index (κ2) is 15.2. The van der Waals surface area contributed by atoms with E-state index in [1.807, 2.05) is 0 Å². The van der Waals surface area contributed by atoms with E-state index in [0.29, 0.717) is 0 Å². The zero-order chi connectivity index (χ0) is 19.9. The van der Waals surface area contributed by atoms with Crippen molar-refractivity contribution in [3.63, 3.8) is 0 Å². The maximum absolute atomic E-state index is 2.47. The SMILES string of the molecule is CCCCCCCCCCCCC(CC)c1ccc(CC)c(CC)c1CC. The number of rotatable bonds is 16. The number of hydrogen-bond acceptors (Lipinski definition) is 0. The van der Waals surface area contributed by atoms with Crippen LogP contribution in [-0.4, -0.2) is 0 Å². The van der Waals surface area contributed by atoms with Gasteiger partial charge in [-0.15, -0.1) is 0 Å². The normalized spacial score (nSPS) is 12.5. The van der Waals surface area contributed by atoms with Crippen molar-refractivity contribution < 1.29 is 0 Å². The highest BCUT2D eigenvalue weighted by Gasteiger charge is 2.16. The Labute approximate surface area is 171 Å². The molecule has 0 saturated heterocycles. The van der Waals surface area contributed by atoms with Crippen LogP contribution < -0.4 is 0 Å². The number of benzene rings is 1. The molecule has 0 bridgehead atoms. The standard InChI is InChI=1S/C27H48/c1-6-11-12-13-14-15-16-17-18-19-20-23(7-2)27-22-21-24(8-3)25(9-4)26(27)10-5/h21-23H,6-20H2,1-5H3. The molecule has 1 aromatic carbocycles. The van der Waals surface area contributed by atoms with Crippen molar-refractivity contribution in [2.75, 3.05) is 0 Å². The van der Waals surface area contributed by atoms with Crippen molar-refractivity contribution in [2.45, 2.75) is 137 Å². The molecule has 156 valence electrons. The predicted molar refractivity (Wildman–Crippen MR) is 124 cm³/mol. The van der Waals surface area contributed by atoms with Gasteiger partial charge in [-0.2, -0.15) is 0 Å². The number of unbranched alkanes of at least 4 members (excludes halogenated alkanes) is 9. The van der Waals surface area contributed by atoms with Crippen molar-refractivity contribution >= 4 is 0 Å². The molecule has 0 fully saturated rings. The van der Waals surface area contributed by atoms with Crippen LogP contribution in [0.4, 0.5) is 0 Å². The van der Waals surface area contributed by atoms with Gasteiger partial charge in [-0.05, 0) is 60.3 Å². The number of hydrogen-bond donors (Lipinski definition) is 0. The summed E-state index contributed by atoms with van der Waals surface area (Å²) in [6, 6.07) is 4.90. The highest BCUT2D eigenvalue weighted by Crippen LogP contribution is 2.32. The van der Waals surface area contributed by atoms with E-state index in [-0.39, 0.29) is 0 Å². The summed E-state index contributed by atoms with van der Waals surface area (Å²) in [7, 11) is 0. The first-order valence-corrected chi connectivity index (χ1v) is 12.4. The van der Waals surface area contributed by atoms with Crippen LogP contribution in [0.3, 0.4) is 0 Å². The molecule has 0 N–H and O–H groups in total. The molecule has 0 nitrogen and oxygen atoms in total. The quantitative estimate of drug-likeness (QED) is 0.254. The molecule has 0 heterocycles. The molecule has 0 aliphatic rings. The molecule has 0 aromatic heterocycles. The van der Waals surface area contributed by atoms with Gasteiger partial charge in [0.15, 0.2) is 0 Å². The first-order valence-electron chi connectivity index (χ1n) is 12.4. The summed E-state index contributed by atoms with van der Waals surface area (Å²) in [6.07, 6.45) is 20.6. The Bertz CT molecular complexity index is 485. The summed E-state index contributed by atoms with van der Waals surface area (Å²) >= 11 is 0. The van der Waals surface area contributed by atoms with Crippen molar-refractivity contribution in [1.29, 1.82) is 0 Å². The van der Waals surface area contributed by atoms with Gasteiger partial charge in [-0.25, -0.2) is 0 Å². The molecule has 0 aliphatic heterocycles.